The van der Waals surface area contributed by atoms with Gasteiger partial charge in [-0.05, 0) is 44.4 Å². The summed E-state index contributed by atoms with van der Waals surface area (Å²) in [4.78, 5) is 11.3. The average molecular weight is 385 g/mol. The van der Waals surface area contributed by atoms with Gasteiger partial charge in [-0.15, -0.1) is 0 Å². The van der Waals surface area contributed by atoms with E-state index in [0.717, 1.165) is 63.0 Å². The highest BCUT2D eigenvalue weighted by Gasteiger charge is 2.42. The molecule has 1 aromatic carbocycles. The molecular weight excluding hydrogens is 357 g/mol. The van der Waals surface area contributed by atoms with Crippen LogP contribution in [0.1, 0.15) is 31.2 Å². The molecule has 1 aromatic heterocycles. The van der Waals surface area contributed by atoms with Gasteiger partial charge >= 0.3 is 0 Å². The lowest BCUT2D eigenvalue weighted by Crippen LogP contribution is -2.41. The third-order valence-corrected chi connectivity index (χ3v) is 5.77. The monoisotopic (exact) mass is 385 g/mol. The quantitative estimate of drug-likeness (QED) is 0.650. The van der Waals surface area contributed by atoms with Crippen LogP contribution in [0.15, 0.2) is 35.6 Å². The van der Waals surface area contributed by atoms with E-state index in [4.69, 9.17) is 9.73 Å². The molecule has 0 radical (unpaired) electrons. The second-order valence-corrected chi connectivity index (χ2v) is 7.77. The van der Waals surface area contributed by atoms with Gasteiger partial charge in [-0.2, -0.15) is 0 Å². The van der Waals surface area contributed by atoms with Gasteiger partial charge in [0, 0.05) is 44.0 Å². The molecule has 2 aliphatic rings. The number of hydrogen-bond donors (Lipinski definition) is 1. The molecule has 7 heteroatoms. The Bertz CT molecular complexity index is 856. The van der Waals surface area contributed by atoms with Gasteiger partial charge in [-0.1, -0.05) is 6.07 Å². The first-order valence-corrected chi connectivity index (χ1v) is 10.00. The van der Waals surface area contributed by atoms with Crippen LogP contribution in [-0.4, -0.2) is 53.3 Å². The average Bonchev–Trinajstić information content (AvgIpc) is 3.42. The van der Waals surface area contributed by atoms with Crippen molar-refractivity contribution >= 4 is 5.96 Å². The number of hydrogen-bond acceptors (Lipinski definition) is 3. The molecule has 2 fully saturated rings. The van der Waals surface area contributed by atoms with E-state index in [-0.39, 0.29) is 11.2 Å². The van der Waals surface area contributed by atoms with Gasteiger partial charge in [0.25, 0.3) is 0 Å². The number of ether oxygens (including phenoxy) is 1. The van der Waals surface area contributed by atoms with Crippen LogP contribution in [0.2, 0.25) is 0 Å². The van der Waals surface area contributed by atoms with Crippen LogP contribution in [0.25, 0.3) is 5.69 Å². The molecule has 4 rings (SSSR count). The summed E-state index contributed by atoms with van der Waals surface area (Å²) in [6.45, 7) is 8.87. The molecule has 0 bridgehead atoms. The molecule has 0 saturated carbocycles. The fourth-order valence-electron chi connectivity index (χ4n) is 4.16. The van der Waals surface area contributed by atoms with Crippen molar-refractivity contribution < 1.29 is 9.13 Å². The largest absolute Gasteiger partial charge is 0.381 e. The molecule has 2 saturated heterocycles. The zero-order chi connectivity index (χ0) is 19.6. The van der Waals surface area contributed by atoms with E-state index in [1.54, 1.807) is 29.1 Å². The van der Waals surface area contributed by atoms with Crippen molar-refractivity contribution in [3.63, 3.8) is 0 Å². The Morgan fingerprint density at radius 2 is 2.29 bits per heavy atom. The smallest absolute Gasteiger partial charge is 0.194 e. The van der Waals surface area contributed by atoms with Crippen LogP contribution < -0.4 is 5.32 Å². The highest BCUT2D eigenvalue weighted by atomic mass is 19.1. The number of nitrogens with one attached hydrogen (secondary N) is 1. The number of likely N-dealkylation sites (tertiary alicyclic amines) is 1. The Kier molecular flexibility index (Phi) is 5.35. The predicted octanol–water partition coefficient (Wildman–Crippen LogP) is 2.90. The Hall–Kier alpha value is -2.41. The van der Waals surface area contributed by atoms with Crippen LogP contribution in [-0.2, 0) is 11.3 Å². The number of halogens is 1. The molecule has 2 aliphatic heterocycles. The van der Waals surface area contributed by atoms with Gasteiger partial charge in [-0.3, -0.25) is 0 Å². The lowest BCUT2D eigenvalue weighted by Gasteiger charge is -2.25. The Balaban J connectivity index is 1.48. The summed E-state index contributed by atoms with van der Waals surface area (Å²) in [6.07, 6.45) is 5.72. The summed E-state index contributed by atoms with van der Waals surface area (Å²) >= 11 is 0. The van der Waals surface area contributed by atoms with Crippen LogP contribution in [0.4, 0.5) is 4.39 Å². The highest BCUT2D eigenvalue weighted by Crippen LogP contribution is 2.38. The van der Waals surface area contributed by atoms with Gasteiger partial charge in [-0.25, -0.2) is 14.4 Å². The van der Waals surface area contributed by atoms with Crippen molar-refractivity contribution in [2.45, 2.75) is 33.2 Å². The number of nitrogens with zero attached hydrogens (tertiary/aromatic N) is 4. The highest BCUT2D eigenvalue weighted by molar-refractivity contribution is 5.80. The summed E-state index contributed by atoms with van der Waals surface area (Å²) in [6, 6.07) is 5.29. The minimum atomic E-state index is -0.262. The second-order valence-electron chi connectivity index (χ2n) is 7.77. The van der Waals surface area contributed by atoms with Crippen molar-refractivity contribution in [2.75, 3.05) is 32.8 Å². The first kappa shape index (κ1) is 18.9. The zero-order valence-corrected chi connectivity index (χ0v) is 16.6. The van der Waals surface area contributed by atoms with Crippen molar-refractivity contribution in [1.82, 2.24) is 19.8 Å². The maximum absolute atomic E-state index is 14.6. The fraction of sp³-hybridized carbons (Fsp3) is 0.524. The van der Waals surface area contributed by atoms with E-state index in [1.165, 1.54) is 0 Å². The van der Waals surface area contributed by atoms with E-state index in [2.05, 4.69) is 22.1 Å². The third kappa shape index (κ3) is 3.76. The molecule has 1 unspecified atom stereocenters. The van der Waals surface area contributed by atoms with Crippen molar-refractivity contribution in [2.24, 2.45) is 10.4 Å². The molecule has 1 spiro atoms. The van der Waals surface area contributed by atoms with E-state index in [0.29, 0.717) is 12.2 Å². The number of benzene rings is 1. The van der Waals surface area contributed by atoms with E-state index >= 15 is 0 Å². The summed E-state index contributed by atoms with van der Waals surface area (Å²) in [5.41, 5.74) is 1.65. The van der Waals surface area contributed by atoms with Crippen LogP contribution in [0.5, 0.6) is 0 Å². The zero-order valence-electron chi connectivity index (χ0n) is 16.6. The first-order valence-electron chi connectivity index (χ1n) is 10.00. The Morgan fingerprint density at radius 1 is 1.39 bits per heavy atom. The van der Waals surface area contributed by atoms with Crippen LogP contribution in [0, 0.1) is 18.2 Å². The molecule has 0 amide bonds. The maximum atomic E-state index is 14.6. The Labute approximate surface area is 165 Å². The summed E-state index contributed by atoms with van der Waals surface area (Å²) in [5.74, 6) is 1.40. The summed E-state index contributed by atoms with van der Waals surface area (Å²) < 4.78 is 22.0. The van der Waals surface area contributed by atoms with Crippen molar-refractivity contribution in [3.05, 3.63) is 47.8 Å². The number of aromatic nitrogens is 2. The molecule has 150 valence electrons. The van der Waals surface area contributed by atoms with Gasteiger partial charge in [0.2, 0.25) is 0 Å². The minimum absolute atomic E-state index is 0.262. The SMILES string of the molecule is CCNC(=NCc1ccc(-n2ccnc2C)c(F)c1)N1CCC2(CCOC2)C1. The lowest BCUT2D eigenvalue weighted by atomic mass is 9.87. The number of aliphatic imine (C=N–C) groups is 1. The van der Waals surface area contributed by atoms with Crippen molar-refractivity contribution in [1.29, 1.82) is 0 Å². The number of imidazole rings is 1. The van der Waals surface area contributed by atoms with E-state index in [1.807, 2.05) is 13.0 Å². The lowest BCUT2D eigenvalue weighted by molar-refractivity contribution is 0.156. The van der Waals surface area contributed by atoms with E-state index in [9.17, 15) is 4.39 Å². The normalized spacial score (nSPS) is 22.4. The molecule has 6 nitrogen and oxygen atoms in total. The molecule has 3 heterocycles. The first-order chi connectivity index (χ1) is 13.6. The van der Waals surface area contributed by atoms with Crippen LogP contribution >= 0.6 is 0 Å². The minimum Gasteiger partial charge on any atom is -0.381 e. The standard InChI is InChI=1S/C21H28FN5O/c1-3-23-20(26-9-6-21(14-26)7-11-28-15-21)25-13-17-4-5-19(18(22)12-17)27-10-8-24-16(27)2/h4-5,8,10,12H,3,6-7,9,11,13-15H2,1-2H3,(H,23,25). The predicted molar refractivity (Wildman–Crippen MR) is 107 cm³/mol. The van der Waals surface area contributed by atoms with E-state index < -0.39 is 0 Å². The van der Waals surface area contributed by atoms with Gasteiger partial charge < -0.3 is 19.5 Å². The van der Waals surface area contributed by atoms with Crippen molar-refractivity contribution in [3.8, 4) is 5.69 Å². The topological polar surface area (TPSA) is 54.7 Å². The van der Waals surface area contributed by atoms with Gasteiger partial charge in [0.15, 0.2) is 5.96 Å². The molecule has 28 heavy (non-hydrogen) atoms. The summed E-state index contributed by atoms with van der Waals surface area (Å²) in [7, 11) is 0. The molecule has 2 aromatic rings. The van der Waals surface area contributed by atoms with Gasteiger partial charge in [0.05, 0.1) is 18.8 Å². The molecule has 0 aliphatic carbocycles. The second kappa shape index (κ2) is 7.91. The Morgan fingerprint density at radius 3 is 2.96 bits per heavy atom. The molecular formula is C21H28FN5O. The van der Waals surface area contributed by atoms with Gasteiger partial charge in [0.1, 0.15) is 11.6 Å². The fourth-order valence-corrected chi connectivity index (χ4v) is 4.16. The molecule has 1 atom stereocenters. The van der Waals surface area contributed by atoms with Crippen LogP contribution in [0.3, 0.4) is 0 Å². The third-order valence-electron chi connectivity index (χ3n) is 5.77. The number of rotatable bonds is 4. The summed E-state index contributed by atoms with van der Waals surface area (Å²) in [5, 5.41) is 3.39. The number of guanidine groups is 1. The maximum Gasteiger partial charge on any atom is 0.194 e. The number of aryl methyl sites for hydroxylation is 1. The molecule has 1 N–H and O–H groups in total.